The molecule has 2 amide bonds. The lowest BCUT2D eigenvalue weighted by molar-refractivity contribution is 0.0961. The lowest BCUT2D eigenvalue weighted by Gasteiger charge is -2.16. The first-order chi connectivity index (χ1) is 12.9. The third-order valence-electron chi connectivity index (χ3n) is 3.91. The van der Waals surface area contributed by atoms with Gasteiger partial charge in [0.2, 0.25) is 5.91 Å². The topological polar surface area (TPSA) is 85.8 Å². The van der Waals surface area contributed by atoms with E-state index >= 15 is 0 Å². The van der Waals surface area contributed by atoms with Crippen molar-refractivity contribution in [2.75, 3.05) is 11.9 Å². The molecule has 0 spiro atoms. The molecule has 0 radical (unpaired) electrons. The largest absolute Gasteiger partial charge is 0.486 e. The number of benzene rings is 2. The number of rotatable bonds is 6. The van der Waals surface area contributed by atoms with Crippen molar-refractivity contribution in [3.63, 3.8) is 0 Å². The zero-order chi connectivity index (χ0) is 19.4. The van der Waals surface area contributed by atoms with Gasteiger partial charge in [-0.1, -0.05) is 0 Å². The van der Waals surface area contributed by atoms with Crippen LogP contribution in [0, 0.1) is 5.82 Å². The maximum Gasteiger partial charge on any atom is 0.293 e. The van der Waals surface area contributed by atoms with Gasteiger partial charge < -0.3 is 19.8 Å². The van der Waals surface area contributed by atoms with Crippen LogP contribution in [-0.4, -0.2) is 18.9 Å². The highest BCUT2D eigenvalue weighted by Crippen LogP contribution is 2.19. The van der Waals surface area contributed by atoms with Gasteiger partial charge in [-0.25, -0.2) is 4.39 Å². The van der Waals surface area contributed by atoms with E-state index in [4.69, 9.17) is 14.9 Å². The Kier molecular flexibility index (Phi) is 5.21. The maximum atomic E-state index is 12.9. The third-order valence-corrected chi connectivity index (χ3v) is 3.91. The zero-order valence-electron chi connectivity index (χ0n) is 14.5. The summed E-state index contributed by atoms with van der Waals surface area (Å²) in [6, 6.07) is 15.1. The molecular weight excluding hydrogens is 351 g/mol. The summed E-state index contributed by atoms with van der Waals surface area (Å²) in [5.74, 6) is -0.135. The van der Waals surface area contributed by atoms with Crippen molar-refractivity contribution in [2.45, 2.75) is 6.61 Å². The minimum absolute atomic E-state index is 0.107. The van der Waals surface area contributed by atoms with Crippen LogP contribution in [0.15, 0.2) is 65.1 Å². The minimum atomic E-state index is -0.535. The Labute approximate surface area is 155 Å². The van der Waals surface area contributed by atoms with E-state index in [0.29, 0.717) is 22.8 Å². The van der Waals surface area contributed by atoms with E-state index in [1.165, 1.54) is 29.2 Å². The first kappa shape index (κ1) is 18.2. The van der Waals surface area contributed by atoms with Gasteiger partial charge in [-0.05, 0) is 60.7 Å². The summed E-state index contributed by atoms with van der Waals surface area (Å²) in [6.07, 6.45) is 0. The number of carbonyl (C=O) groups excluding carboxylic acids is 2. The number of furan rings is 1. The van der Waals surface area contributed by atoms with Crippen LogP contribution in [0.5, 0.6) is 5.75 Å². The number of carbonyl (C=O) groups is 2. The lowest BCUT2D eigenvalue weighted by Crippen LogP contribution is -2.25. The number of anilines is 1. The van der Waals surface area contributed by atoms with Gasteiger partial charge in [0.15, 0.2) is 5.76 Å². The quantitative estimate of drug-likeness (QED) is 0.723. The smallest absolute Gasteiger partial charge is 0.293 e. The summed E-state index contributed by atoms with van der Waals surface area (Å²) < 4.78 is 23.9. The fourth-order valence-electron chi connectivity index (χ4n) is 2.39. The van der Waals surface area contributed by atoms with Crippen molar-refractivity contribution in [3.05, 3.63) is 83.6 Å². The monoisotopic (exact) mass is 368 g/mol. The Morgan fingerprint density at radius 1 is 1.04 bits per heavy atom. The molecule has 0 saturated heterocycles. The van der Waals surface area contributed by atoms with Crippen LogP contribution in [0.2, 0.25) is 0 Å². The van der Waals surface area contributed by atoms with Gasteiger partial charge >= 0.3 is 0 Å². The molecular formula is C20H17FN2O4. The van der Waals surface area contributed by atoms with E-state index in [1.807, 2.05) is 0 Å². The van der Waals surface area contributed by atoms with Gasteiger partial charge in [0.25, 0.3) is 5.91 Å². The molecule has 0 bridgehead atoms. The van der Waals surface area contributed by atoms with Crippen LogP contribution >= 0.6 is 0 Å². The van der Waals surface area contributed by atoms with Crippen molar-refractivity contribution >= 4 is 17.5 Å². The molecule has 7 heteroatoms. The molecule has 27 heavy (non-hydrogen) atoms. The third kappa shape index (κ3) is 4.33. The van der Waals surface area contributed by atoms with E-state index in [0.717, 1.165) is 0 Å². The lowest BCUT2D eigenvalue weighted by atomic mass is 10.2. The van der Waals surface area contributed by atoms with E-state index in [2.05, 4.69) is 0 Å². The van der Waals surface area contributed by atoms with Gasteiger partial charge in [-0.15, -0.1) is 0 Å². The Hall–Kier alpha value is -3.61. The fourth-order valence-corrected chi connectivity index (χ4v) is 2.39. The van der Waals surface area contributed by atoms with Gasteiger partial charge in [0, 0.05) is 18.3 Å². The average Bonchev–Trinajstić information content (AvgIpc) is 3.15. The molecule has 6 nitrogen and oxygen atoms in total. The summed E-state index contributed by atoms with van der Waals surface area (Å²) in [5, 5.41) is 0. The number of ether oxygens (including phenoxy) is 1. The number of primary amides is 1. The summed E-state index contributed by atoms with van der Waals surface area (Å²) in [7, 11) is 1.60. The minimum Gasteiger partial charge on any atom is -0.486 e. The number of nitrogens with zero attached hydrogens (tertiary/aromatic N) is 1. The van der Waals surface area contributed by atoms with Crippen LogP contribution in [0.25, 0.3) is 0 Å². The molecule has 0 aliphatic heterocycles. The summed E-state index contributed by atoms with van der Waals surface area (Å²) >= 11 is 0. The number of hydrogen-bond acceptors (Lipinski definition) is 4. The molecule has 0 unspecified atom stereocenters. The summed E-state index contributed by atoms with van der Waals surface area (Å²) in [5.41, 5.74) is 6.15. The van der Waals surface area contributed by atoms with Gasteiger partial charge in [0.05, 0.1) is 0 Å². The molecule has 3 rings (SSSR count). The van der Waals surface area contributed by atoms with Gasteiger partial charge in [-0.3, -0.25) is 9.59 Å². The standard InChI is InChI=1S/C20H17FN2O4/c1-23(15-6-2-13(3-7-15)19(22)24)20(25)18-11-10-17(27-18)12-26-16-8-4-14(21)5-9-16/h2-11H,12H2,1H3,(H2,22,24). The number of amides is 2. The molecule has 1 aromatic heterocycles. The van der Waals surface area contributed by atoms with E-state index in [9.17, 15) is 14.0 Å². The molecule has 0 aliphatic carbocycles. The molecule has 0 aliphatic rings. The van der Waals surface area contributed by atoms with Crippen LogP contribution in [0.3, 0.4) is 0 Å². The van der Waals surface area contributed by atoms with Crippen LogP contribution in [0.4, 0.5) is 10.1 Å². The second-order valence-electron chi connectivity index (χ2n) is 5.78. The highest BCUT2D eigenvalue weighted by Gasteiger charge is 2.18. The Morgan fingerprint density at radius 3 is 2.33 bits per heavy atom. The highest BCUT2D eigenvalue weighted by molar-refractivity contribution is 6.04. The number of halogens is 1. The van der Waals surface area contributed by atoms with E-state index in [-0.39, 0.29) is 24.1 Å². The molecule has 0 saturated carbocycles. The van der Waals surface area contributed by atoms with Crippen molar-refractivity contribution in [3.8, 4) is 5.75 Å². The molecule has 0 atom stereocenters. The van der Waals surface area contributed by atoms with Crippen molar-refractivity contribution in [2.24, 2.45) is 5.73 Å². The molecule has 0 fully saturated rings. The first-order valence-corrected chi connectivity index (χ1v) is 8.09. The molecule has 1 heterocycles. The fraction of sp³-hybridized carbons (Fsp3) is 0.100. The van der Waals surface area contributed by atoms with E-state index in [1.54, 1.807) is 43.4 Å². The first-order valence-electron chi connectivity index (χ1n) is 8.09. The number of nitrogens with two attached hydrogens (primary N) is 1. The zero-order valence-corrected chi connectivity index (χ0v) is 14.5. The Bertz CT molecular complexity index is 949. The summed E-state index contributed by atoms with van der Waals surface area (Å²) in [4.78, 5) is 25.1. The predicted molar refractivity (Wildman–Crippen MR) is 97.1 cm³/mol. The number of hydrogen-bond donors (Lipinski definition) is 1. The van der Waals surface area contributed by atoms with Crippen LogP contribution in [-0.2, 0) is 6.61 Å². The summed E-state index contributed by atoms with van der Waals surface area (Å²) in [6.45, 7) is 0.107. The normalized spacial score (nSPS) is 10.4. The second kappa shape index (κ2) is 7.74. The Morgan fingerprint density at radius 2 is 1.70 bits per heavy atom. The van der Waals surface area contributed by atoms with Crippen molar-refractivity contribution < 1.29 is 23.1 Å². The molecule has 2 N–H and O–H groups in total. The average molecular weight is 368 g/mol. The van der Waals surface area contributed by atoms with Gasteiger partial charge in [-0.2, -0.15) is 0 Å². The Balaban J connectivity index is 1.64. The molecule has 2 aromatic carbocycles. The van der Waals surface area contributed by atoms with E-state index < -0.39 is 5.91 Å². The van der Waals surface area contributed by atoms with Crippen molar-refractivity contribution in [1.29, 1.82) is 0 Å². The highest BCUT2D eigenvalue weighted by atomic mass is 19.1. The van der Waals surface area contributed by atoms with Crippen molar-refractivity contribution in [1.82, 2.24) is 0 Å². The second-order valence-corrected chi connectivity index (χ2v) is 5.78. The van der Waals surface area contributed by atoms with Gasteiger partial charge in [0.1, 0.15) is 23.9 Å². The molecule has 3 aromatic rings. The van der Waals surface area contributed by atoms with Crippen LogP contribution < -0.4 is 15.4 Å². The molecule has 138 valence electrons. The van der Waals surface area contributed by atoms with Crippen LogP contribution in [0.1, 0.15) is 26.7 Å². The SMILES string of the molecule is CN(C(=O)c1ccc(COc2ccc(F)cc2)o1)c1ccc(C(N)=O)cc1. The maximum absolute atomic E-state index is 12.9. The predicted octanol–water partition coefficient (Wildman–Crippen LogP) is 3.37.